The van der Waals surface area contributed by atoms with Crippen LogP contribution in [0.4, 0.5) is 0 Å². The number of aliphatic carboxylic acids is 1. The van der Waals surface area contributed by atoms with Crippen molar-refractivity contribution in [1.82, 2.24) is 5.32 Å². The summed E-state index contributed by atoms with van der Waals surface area (Å²) in [6, 6.07) is 12.9. The van der Waals surface area contributed by atoms with Gasteiger partial charge in [0.05, 0.1) is 6.04 Å². The molecule has 5 heteroatoms. The number of carbonyl (C=O) groups excluding carboxylic acids is 1. The molecule has 3 rings (SSSR count). The fourth-order valence-corrected chi connectivity index (χ4v) is 3.24. The lowest BCUT2D eigenvalue weighted by molar-refractivity contribution is -0.139. The van der Waals surface area contributed by atoms with Gasteiger partial charge >= 0.3 is 5.97 Å². The number of aryl methyl sites for hydroxylation is 2. The molecule has 1 aliphatic rings. The van der Waals surface area contributed by atoms with Crippen LogP contribution < -0.4 is 10.1 Å². The number of rotatable bonds is 6. The lowest BCUT2D eigenvalue weighted by atomic mass is 9.90. The molecule has 136 valence electrons. The number of carboxylic acid groups (broad SMARTS) is 1. The molecule has 5 nitrogen and oxygen atoms in total. The minimum absolute atomic E-state index is 0.0860. The van der Waals surface area contributed by atoms with Crippen LogP contribution in [0.1, 0.15) is 52.9 Å². The molecule has 2 N–H and O–H groups in total. The Morgan fingerprint density at radius 3 is 2.46 bits per heavy atom. The van der Waals surface area contributed by atoms with Gasteiger partial charge in [-0.1, -0.05) is 18.2 Å². The van der Waals surface area contributed by atoms with Gasteiger partial charge < -0.3 is 15.2 Å². The van der Waals surface area contributed by atoms with Crippen molar-refractivity contribution in [3.05, 3.63) is 64.7 Å². The summed E-state index contributed by atoms with van der Waals surface area (Å²) in [7, 11) is 0. The highest BCUT2D eigenvalue weighted by Crippen LogP contribution is 2.23. The molecule has 2 aromatic carbocycles. The highest BCUT2D eigenvalue weighted by Gasteiger charge is 2.15. The number of fused-ring (bicyclic) bond motifs is 1. The second kappa shape index (κ2) is 8.04. The number of hydrogen-bond donors (Lipinski definition) is 2. The number of carboxylic acids is 1. The van der Waals surface area contributed by atoms with Crippen LogP contribution in [0, 0.1) is 0 Å². The minimum atomic E-state index is -1.01. The molecule has 1 amide bonds. The van der Waals surface area contributed by atoms with Crippen LogP contribution in [0.2, 0.25) is 0 Å². The number of amides is 1. The number of ether oxygens (including phenoxy) is 1. The van der Waals surface area contributed by atoms with E-state index in [1.165, 1.54) is 24.0 Å². The van der Waals surface area contributed by atoms with E-state index in [0.717, 1.165) is 18.4 Å². The zero-order valence-electron chi connectivity index (χ0n) is 14.8. The normalized spacial score (nSPS) is 14.2. The number of nitrogens with one attached hydrogen (secondary N) is 1. The standard InChI is InChI=1S/C21H23NO4/c1-14(15-8-10-19(11-9-15)26-13-20(23)24)22-21(25)18-7-6-16-4-2-3-5-17(16)12-18/h6-12,14H,2-5,13H2,1H3,(H,22,25)(H,23,24). The van der Waals surface area contributed by atoms with E-state index in [-0.39, 0.29) is 18.6 Å². The van der Waals surface area contributed by atoms with Crippen LogP contribution in [0.25, 0.3) is 0 Å². The first-order valence-corrected chi connectivity index (χ1v) is 8.90. The third kappa shape index (κ3) is 4.42. The maximum atomic E-state index is 12.6. The predicted octanol–water partition coefficient (Wildman–Crippen LogP) is 3.52. The minimum Gasteiger partial charge on any atom is -0.482 e. The molecule has 2 aromatic rings. The van der Waals surface area contributed by atoms with E-state index in [2.05, 4.69) is 11.4 Å². The Hall–Kier alpha value is -2.82. The molecule has 0 radical (unpaired) electrons. The van der Waals surface area contributed by atoms with Gasteiger partial charge in [-0.3, -0.25) is 4.79 Å². The SMILES string of the molecule is CC(NC(=O)c1ccc2c(c1)CCCC2)c1ccc(OCC(=O)O)cc1. The van der Waals surface area contributed by atoms with Crippen molar-refractivity contribution < 1.29 is 19.4 Å². The van der Waals surface area contributed by atoms with Crippen LogP contribution in [-0.4, -0.2) is 23.6 Å². The molecule has 0 bridgehead atoms. The maximum absolute atomic E-state index is 12.6. The van der Waals surface area contributed by atoms with Crippen LogP contribution >= 0.6 is 0 Å². The average Bonchev–Trinajstić information content (AvgIpc) is 2.66. The third-order valence-corrected chi connectivity index (χ3v) is 4.70. The summed E-state index contributed by atoms with van der Waals surface area (Å²) in [5.41, 5.74) is 4.27. The average molecular weight is 353 g/mol. The predicted molar refractivity (Wildman–Crippen MR) is 98.5 cm³/mol. The molecule has 0 saturated carbocycles. The first-order valence-electron chi connectivity index (χ1n) is 8.90. The largest absolute Gasteiger partial charge is 0.482 e. The van der Waals surface area contributed by atoms with Gasteiger partial charge in [0.25, 0.3) is 5.91 Å². The molecule has 1 unspecified atom stereocenters. The zero-order chi connectivity index (χ0) is 18.5. The van der Waals surface area contributed by atoms with E-state index in [4.69, 9.17) is 9.84 Å². The molecule has 0 aromatic heterocycles. The first kappa shape index (κ1) is 18.0. The van der Waals surface area contributed by atoms with Gasteiger partial charge in [-0.25, -0.2) is 4.79 Å². The lowest BCUT2D eigenvalue weighted by Crippen LogP contribution is -2.27. The molecular weight excluding hydrogens is 330 g/mol. The van der Waals surface area contributed by atoms with Crippen molar-refractivity contribution in [1.29, 1.82) is 0 Å². The summed E-state index contributed by atoms with van der Waals surface area (Å²) < 4.78 is 5.12. The van der Waals surface area contributed by atoms with E-state index in [1.807, 2.05) is 31.2 Å². The molecule has 1 atom stereocenters. The van der Waals surface area contributed by atoms with Gasteiger partial charge in [0.2, 0.25) is 0 Å². The Morgan fingerprint density at radius 1 is 1.08 bits per heavy atom. The molecule has 0 saturated heterocycles. The van der Waals surface area contributed by atoms with Crippen LogP contribution in [0.5, 0.6) is 5.75 Å². The highest BCUT2D eigenvalue weighted by atomic mass is 16.5. The van der Waals surface area contributed by atoms with Gasteiger partial charge in [-0.15, -0.1) is 0 Å². The Morgan fingerprint density at radius 2 is 1.77 bits per heavy atom. The molecule has 26 heavy (non-hydrogen) atoms. The van der Waals surface area contributed by atoms with E-state index in [0.29, 0.717) is 11.3 Å². The van der Waals surface area contributed by atoms with Crippen LogP contribution in [0.3, 0.4) is 0 Å². The van der Waals surface area contributed by atoms with Gasteiger partial charge in [-0.2, -0.15) is 0 Å². The summed E-state index contributed by atoms with van der Waals surface area (Å²) in [5, 5.41) is 11.6. The van der Waals surface area contributed by atoms with Crippen molar-refractivity contribution in [2.75, 3.05) is 6.61 Å². The van der Waals surface area contributed by atoms with Gasteiger partial charge in [0.1, 0.15) is 5.75 Å². The summed E-state index contributed by atoms with van der Waals surface area (Å²) in [6.07, 6.45) is 4.56. The van der Waals surface area contributed by atoms with E-state index in [1.54, 1.807) is 12.1 Å². The molecule has 0 spiro atoms. The van der Waals surface area contributed by atoms with Crippen molar-refractivity contribution in [3.63, 3.8) is 0 Å². The summed E-state index contributed by atoms with van der Waals surface area (Å²) in [6.45, 7) is 1.55. The van der Waals surface area contributed by atoms with Crippen molar-refractivity contribution in [2.45, 2.75) is 38.6 Å². The Bertz CT molecular complexity index is 798. The lowest BCUT2D eigenvalue weighted by Gasteiger charge is -2.18. The molecule has 0 heterocycles. The van der Waals surface area contributed by atoms with Crippen molar-refractivity contribution in [3.8, 4) is 5.75 Å². The first-order chi connectivity index (χ1) is 12.5. The maximum Gasteiger partial charge on any atom is 0.341 e. The van der Waals surface area contributed by atoms with Gasteiger partial charge in [0.15, 0.2) is 6.61 Å². The molecule has 0 fully saturated rings. The van der Waals surface area contributed by atoms with Crippen molar-refractivity contribution >= 4 is 11.9 Å². The molecule has 0 aliphatic heterocycles. The smallest absolute Gasteiger partial charge is 0.341 e. The second-order valence-electron chi connectivity index (χ2n) is 6.64. The Labute approximate surface area is 153 Å². The third-order valence-electron chi connectivity index (χ3n) is 4.70. The van der Waals surface area contributed by atoms with Crippen LogP contribution in [0.15, 0.2) is 42.5 Å². The molecular formula is C21H23NO4. The van der Waals surface area contributed by atoms with E-state index in [9.17, 15) is 9.59 Å². The van der Waals surface area contributed by atoms with Crippen molar-refractivity contribution in [2.24, 2.45) is 0 Å². The summed E-state index contributed by atoms with van der Waals surface area (Å²) in [5.74, 6) is -0.610. The van der Waals surface area contributed by atoms with E-state index >= 15 is 0 Å². The number of carbonyl (C=O) groups is 2. The summed E-state index contributed by atoms with van der Waals surface area (Å²) in [4.78, 5) is 23.1. The zero-order valence-corrected chi connectivity index (χ0v) is 14.8. The molecule has 1 aliphatic carbocycles. The quantitative estimate of drug-likeness (QED) is 0.833. The number of benzene rings is 2. The van der Waals surface area contributed by atoms with E-state index < -0.39 is 5.97 Å². The fourth-order valence-electron chi connectivity index (χ4n) is 3.24. The van der Waals surface area contributed by atoms with Crippen LogP contribution in [-0.2, 0) is 17.6 Å². The van der Waals surface area contributed by atoms with Gasteiger partial charge in [0, 0.05) is 5.56 Å². The highest BCUT2D eigenvalue weighted by molar-refractivity contribution is 5.94. The monoisotopic (exact) mass is 353 g/mol. The second-order valence-corrected chi connectivity index (χ2v) is 6.64. The fraction of sp³-hybridized carbons (Fsp3) is 0.333. The topological polar surface area (TPSA) is 75.6 Å². The number of hydrogen-bond acceptors (Lipinski definition) is 3. The Balaban J connectivity index is 1.62. The Kier molecular flexibility index (Phi) is 5.56. The summed E-state index contributed by atoms with van der Waals surface area (Å²) >= 11 is 0. The van der Waals surface area contributed by atoms with Gasteiger partial charge in [-0.05, 0) is 73.6 Å².